The van der Waals surface area contributed by atoms with E-state index in [9.17, 15) is 0 Å². The van der Waals surface area contributed by atoms with Crippen LogP contribution in [0.5, 0.6) is 0 Å². The molecule has 0 saturated heterocycles. The molecule has 0 spiro atoms. The average Bonchev–Trinajstić information content (AvgIpc) is 3.06. The summed E-state index contributed by atoms with van der Waals surface area (Å²) in [5.41, 5.74) is 6.01. The van der Waals surface area contributed by atoms with E-state index >= 15 is 0 Å². The summed E-state index contributed by atoms with van der Waals surface area (Å²) in [5, 5.41) is 12.6. The molecule has 1 heterocycles. The highest BCUT2D eigenvalue weighted by molar-refractivity contribution is 6.25. The molecule has 2 heteroatoms. The molecular weight excluding hydrogens is 508 g/mol. The van der Waals surface area contributed by atoms with Crippen molar-refractivity contribution in [2.24, 2.45) is 0 Å². The van der Waals surface area contributed by atoms with Crippen LogP contribution in [-0.4, -0.2) is 9.97 Å². The maximum Gasteiger partial charge on any atom is 0.160 e. The van der Waals surface area contributed by atoms with Crippen LogP contribution in [0.1, 0.15) is 18.4 Å². The predicted molar refractivity (Wildman–Crippen MR) is 178 cm³/mol. The lowest BCUT2D eigenvalue weighted by atomic mass is 9.85. The molecule has 0 N–H and O–H groups in total. The van der Waals surface area contributed by atoms with Crippen LogP contribution in [0.4, 0.5) is 0 Å². The van der Waals surface area contributed by atoms with Crippen LogP contribution in [0.2, 0.25) is 0 Å². The third-order valence-electron chi connectivity index (χ3n) is 8.98. The second kappa shape index (κ2) is 9.09. The van der Waals surface area contributed by atoms with Crippen LogP contribution in [-0.2, 0) is 0 Å². The van der Waals surface area contributed by atoms with Crippen molar-refractivity contribution in [1.82, 2.24) is 9.97 Å². The fourth-order valence-electron chi connectivity index (χ4n) is 7.11. The Labute approximate surface area is 243 Å². The minimum atomic E-state index is 0.757. The van der Waals surface area contributed by atoms with Crippen molar-refractivity contribution in [2.75, 3.05) is 0 Å². The molecule has 0 unspecified atom stereocenters. The van der Waals surface area contributed by atoms with E-state index in [4.69, 9.17) is 9.97 Å². The SMILES string of the molecule is C1=CCCC(c2c3ccccc3c(-c3ncc(-c4ccc5ccc6cccc7ccc4c5c67)cn3)c3ccccc23)=C1. The van der Waals surface area contributed by atoms with E-state index in [0.29, 0.717) is 0 Å². The second-order valence-corrected chi connectivity index (χ2v) is 11.3. The van der Waals surface area contributed by atoms with Crippen molar-refractivity contribution in [3.8, 4) is 22.5 Å². The maximum absolute atomic E-state index is 5.04. The normalized spacial score (nSPS) is 13.6. The molecule has 0 aliphatic heterocycles. The highest BCUT2D eigenvalue weighted by atomic mass is 14.9. The average molecular weight is 535 g/mol. The maximum atomic E-state index is 5.04. The van der Waals surface area contributed by atoms with Gasteiger partial charge in [-0.05, 0) is 83.4 Å². The van der Waals surface area contributed by atoms with Crippen molar-refractivity contribution in [3.05, 3.63) is 139 Å². The second-order valence-electron chi connectivity index (χ2n) is 11.3. The predicted octanol–water partition coefficient (Wildman–Crippen LogP) is 10.7. The lowest BCUT2D eigenvalue weighted by molar-refractivity contribution is 1.06. The van der Waals surface area contributed by atoms with Gasteiger partial charge < -0.3 is 0 Å². The molecule has 0 saturated carbocycles. The van der Waals surface area contributed by atoms with Crippen LogP contribution in [0.3, 0.4) is 0 Å². The number of hydrogen-bond acceptors (Lipinski definition) is 2. The Kier molecular flexibility index (Phi) is 5.06. The molecule has 42 heavy (non-hydrogen) atoms. The van der Waals surface area contributed by atoms with E-state index in [2.05, 4.69) is 121 Å². The monoisotopic (exact) mass is 534 g/mol. The van der Waals surface area contributed by atoms with E-state index in [0.717, 1.165) is 35.4 Å². The summed E-state index contributed by atoms with van der Waals surface area (Å²) in [6.07, 6.45) is 12.8. The third-order valence-corrected chi connectivity index (χ3v) is 8.98. The summed E-state index contributed by atoms with van der Waals surface area (Å²) >= 11 is 0. The summed E-state index contributed by atoms with van der Waals surface area (Å²) in [4.78, 5) is 10.1. The molecule has 1 aliphatic rings. The Balaban J connectivity index is 1.25. The first-order valence-corrected chi connectivity index (χ1v) is 14.6. The first kappa shape index (κ1) is 23.4. The van der Waals surface area contributed by atoms with Gasteiger partial charge in [-0.25, -0.2) is 9.97 Å². The summed E-state index contributed by atoms with van der Waals surface area (Å²) < 4.78 is 0. The van der Waals surface area contributed by atoms with Gasteiger partial charge in [0.05, 0.1) is 0 Å². The molecule has 196 valence electrons. The highest BCUT2D eigenvalue weighted by Gasteiger charge is 2.19. The van der Waals surface area contributed by atoms with Crippen LogP contribution in [0, 0.1) is 0 Å². The Morgan fingerprint density at radius 3 is 1.74 bits per heavy atom. The molecular formula is C40H26N2. The number of allylic oxidation sites excluding steroid dienone is 4. The molecule has 0 fully saturated rings. The minimum absolute atomic E-state index is 0.757. The molecule has 8 aromatic rings. The van der Waals surface area contributed by atoms with E-state index in [1.54, 1.807) is 0 Å². The molecule has 7 aromatic carbocycles. The molecule has 2 nitrogen and oxygen atoms in total. The van der Waals surface area contributed by atoms with Gasteiger partial charge in [0.25, 0.3) is 0 Å². The Bertz CT molecular complexity index is 2320. The zero-order valence-corrected chi connectivity index (χ0v) is 23.0. The zero-order valence-electron chi connectivity index (χ0n) is 23.0. The van der Waals surface area contributed by atoms with Crippen LogP contribution in [0.25, 0.3) is 82.0 Å². The van der Waals surface area contributed by atoms with Crippen LogP contribution < -0.4 is 0 Å². The topological polar surface area (TPSA) is 25.8 Å². The number of rotatable bonds is 3. The Morgan fingerprint density at radius 2 is 1.10 bits per heavy atom. The van der Waals surface area contributed by atoms with Gasteiger partial charge >= 0.3 is 0 Å². The number of fused-ring (bicyclic) bond motifs is 2. The zero-order chi connectivity index (χ0) is 27.6. The van der Waals surface area contributed by atoms with E-state index in [-0.39, 0.29) is 0 Å². The van der Waals surface area contributed by atoms with Gasteiger partial charge in [-0.15, -0.1) is 0 Å². The van der Waals surface area contributed by atoms with Gasteiger partial charge in [0.2, 0.25) is 0 Å². The summed E-state index contributed by atoms with van der Waals surface area (Å²) in [7, 11) is 0. The smallest absolute Gasteiger partial charge is 0.160 e. The van der Waals surface area contributed by atoms with Crippen molar-refractivity contribution in [3.63, 3.8) is 0 Å². The summed E-state index contributed by atoms with van der Waals surface area (Å²) in [5.74, 6) is 0.757. The molecule has 0 bridgehead atoms. The van der Waals surface area contributed by atoms with Crippen molar-refractivity contribution in [2.45, 2.75) is 12.8 Å². The molecule has 1 aliphatic carbocycles. The quantitative estimate of drug-likeness (QED) is 0.166. The molecule has 0 atom stereocenters. The lowest BCUT2D eigenvalue weighted by Gasteiger charge is -2.19. The fourth-order valence-corrected chi connectivity index (χ4v) is 7.11. The van der Waals surface area contributed by atoms with Gasteiger partial charge in [0.15, 0.2) is 5.82 Å². The van der Waals surface area contributed by atoms with Gasteiger partial charge in [-0.1, -0.05) is 121 Å². The largest absolute Gasteiger partial charge is 0.236 e. The number of aromatic nitrogens is 2. The summed E-state index contributed by atoms with van der Waals surface area (Å²) in [6, 6.07) is 37.4. The Morgan fingerprint density at radius 1 is 0.500 bits per heavy atom. The summed E-state index contributed by atoms with van der Waals surface area (Å²) in [6.45, 7) is 0. The number of benzene rings is 7. The van der Waals surface area contributed by atoms with Gasteiger partial charge in [-0.2, -0.15) is 0 Å². The van der Waals surface area contributed by atoms with Crippen LogP contribution in [0.15, 0.2) is 134 Å². The number of hydrogen-bond donors (Lipinski definition) is 0. The molecule has 1 aromatic heterocycles. The van der Waals surface area contributed by atoms with E-state index in [1.807, 2.05) is 12.4 Å². The lowest BCUT2D eigenvalue weighted by Crippen LogP contribution is -1.97. The van der Waals surface area contributed by atoms with Gasteiger partial charge in [0, 0.05) is 23.5 Å². The first-order chi connectivity index (χ1) is 20.8. The third kappa shape index (κ3) is 3.39. The first-order valence-electron chi connectivity index (χ1n) is 14.6. The standard InChI is InChI=1S/C40H26N2/c1-2-9-25(10-3-1)37-31-13-4-6-15-33(31)39(34-16-7-5-14-32(34)37)40-41-23-29(24-42-40)30-21-19-28-18-17-26-11-8-12-27-20-22-35(30)38(28)36(26)27/h1-2,4-9,11-24H,3,10H2. The van der Waals surface area contributed by atoms with Gasteiger partial charge in [0.1, 0.15) is 0 Å². The minimum Gasteiger partial charge on any atom is -0.236 e. The molecule has 0 radical (unpaired) electrons. The Hall–Kier alpha value is -5.34. The molecule has 9 rings (SSSR count). The van der Waals surface area contributed by atoms with E-state index in [1.165, 1.54) is 65.0 Å². The van der Waals surface area contributed by atoms with Crippen LogP contribution >= 0.6 is 0 Å². The van der Waals surface area contributed by atoms with Crippen molar-refractivity contribution >= 4 is 59.4 Å². The fraction of sp³-hybridized carbons (Fsp3) is 0.0500. The van der Waals surface area contributed by atoms with Gasteiger partial charge in [-0.3, -0.25) is 0 Å². The number of nitrogens with zero attached hydrogens (tertiary/aromatic N) is 2. The van der Waals surface area contributed by atoms with Crippen molar-refractivity contribution in [1.29, 1.82) is 0 Å². The van der Waals surface area contributed by atoms with E-state index < -0.39 is 0 Å². The van der Waals surface area contributed by atoms with Crippen molar-refractivity contribution < 1.29 is 0 Å². The molecule has 0 amide bonds. The highest BCUT2D eigenvalue weighted by Crippen LogP contribution is 2.43.